The summed E-state index contributed by atoms with van der Waals surface area (Å²) in [5.41, 5.74) is 6.02. The molecule has 0 aliphatic carbocycles. The lowest BCUT2D eigenvalue weighted by atomic mass is 10.0. The van der Waals surface area contributed by atoms with E-state index in [0.717, 1.165) is 6.54 Å². The number of halogens is 1. The molecule has 2 nitrogen and oxygen atoms in total. The third-order valence-corrected chi connectivity index (χ3v) is 5.28. The lowest BCUT2D eigenvalue weighted by molar-refractivity contribution is 0.108. The van der Waals surface area contributed by atoms with Crippen molar-refractivity contribution < 1.29 is 4.79 Å². The molecule has 0 radical (unpaired) electrons. The number of unbranched alkanes of at least 4 members (excludes halogenated alkanes) is 15. The number of hydrogen-bond acceptors (Lipinski definition) is 2. The van der Waals surface area contributed by atoms with Gasteiger partial charge in [-0.05, 0) is 24.6 Å². The van der Waals surface area contributed by atoms with E-state index in [1.807, 2.05) is 6.07 Å². The van der Waals surface area contributed by atoms with Crippen LogP contribution >= 0.6 is 11.6 Å². The quantitative estimate of drug-likeness (QED) is 0.208. The van der Waals surface area contributed by atoms with Gasteiger partial charge in [0.2, 0.25) is 0 Å². The van der Waals surface area contributed by atoms with Gasteiger partial charge >= 0.3 is 0 Å². The summed E-state index contributed by atoms with van der Waals surface area (Å²) in [6, 6.07) is 8.74. The van der Waals surface area contributed by atoms with Gasteiger partial charge in [0, 0.05) is 5.56 Å². The molecule has 1 aromatic rings. The monoisotopic (exact) mass is 409 g/mol. The zero-order chi connectivity index (χ0) is 20.7. The van der Waals surface area contributed by atoms with E-state index >= 15 is 0 Å². The van der Waals surface area contributed by atoms with Crippen LogP contribution in [0.25, 0.3) is 0 Å². The number of hydrogen-bond donors (Lipinski definition) is 1. The number of nitrogens with two attached hydrogens (primary N) is 1. The molecule has 0 fully saturated rings. The molecule has 162 valence electrons. The Hall–Kier alpha value is -0.860. The van der Waals surface area contributed by atoms with E-state index in [1.54, 1.807) is 24.3 Å². The van der Waals surface area contributed by atoms with Gasteiger partial charge in [-0.25, -0.2) is 0 Å². The molecule has 0 aliphatic rings. The lowest BCUT2D eigenvalue weighted by Crippen LogP contribution is -1.97. The Kier molecular flexibility index (Phi) is 21.7. The Bertz CT molecular complexity index is 419. The van der Waals surface area contributed by atoms with Crippen molar-refractivity contribution >= 4 is 16.8 Å². The molecule has 0 heterocycles. The maximum Gasteiger partial charge on any atom is 0.252 e. The average molecular weight is 410 g/mol. The van der Waals surface area contributed by atoms with E-state index in [0.29, 0.717) is 5.56 Å². The largest absolute Gasteiger partial charge is 0.330 e. The van der Waals surface area contributed by atoms with Crippen LogP contribution < -0.4 is 5.73 Å². The second kappa shape index (κ2) is 22.4. The molecule has 0 amide bonds. The lowest BCUT2D eigenvalue weighted by Gasteiger charge is -2.03. The van der Waals surface area contributed by atoms with Crippen molar-refractivity contribution in [3.63, 3.8) is 0 Å². The van der Waals surface area contributed by atoms with E-state index in [-0.39, 0.29) is 0 Å². The summed E-state index contributed by atoms with van der Waals surface area (Å²) < 4.78 is 0. The van der Waals surface area contributed by atoms with Gasteiger partial charge in [-0.15, -0.1) is 0 Å². The van der Waals surface area contributed by atoms with Gasteiger partial charge in [0.05, 0.1) is 0 Å². The number of carbonyl (C=O) groups is 1. The minimum Gasteiger partial charge on any atom is -0.330 e. The van der Waals surface area contributed by atoms with Gasteiger partial charge in [-0.3, -0.25) is 4.79 Å². The van der Waals surface area contributed by atoms with Crippen LogP contribution in [0.1, 0.15) is 120 Å². The Labute approximate surface area is 179 Å². The number of carbonyl (C=O) groups excluding carboxylic acids is 1. The summed E-state index contributed by atoms with van der Waals surface area (Å²) in [7, 11) is 0. The molecule has 0 saturated heterocycles. The van der Waals surface area contributed by atoms with Gasteiger partial charge < -0.3 is 5.73 Å². The standard InChI is InChI=1S/C18H39N.C7H5ClO/c1-2-3-4-5-6-7-8-9-10-11-12-13-14-15-16-17-18-19;8-7(9)6-4-2-1-3-5-6/h2-19H2,1H3;1-5H. The molecule has 0 bridgehead atoms. The molecule has 0 unspecified atom stereocenters. The van der Waals surface area contributed by atoms with Crippen molar-refractivity contribution in [2.75, 3.05) is 6.54 Å². The Morgan fingerprint density at radius 3 is 1.32 bits per heavy atom. The second-order valence-electron chi connectivity index (χ2n) is 7.73. The first-order valence-electron chi connectivity index (χ1n) is 11.7. The van der Waals surface area contributed by atoms with E-state index in [4.69, 9.17) is 17.3 Å². The van der Waals surface area contributed by atoms with Crippen molar-refractivity contribution in [1.29, 1.82) is 0 Å². The normalized spacial score (nSPS) is 10.4. The minimum absolute atomic E-state index is 0.407. The summed E-state index contributed by atoms with van der Waals surface area (Å²) in [4.78, 5) is 10.4. The molecule has 1 rings (SSSR count). The summed E-state index contributed by atoms with van der Waals surface area (Å²) in [6.45, 7) is 3.16. The molecule has 0 atom stereocenters. The summed E-state index contributed by atoms with van der Waals surface area (Å²) in [6.07, 6.45) is 22.9. The summed E-state index contributed by atoms with van der Waals surface area (Å²) in [5, 5.41) is -0.407. The van der Waals surface area contributed by atoms with Crippen LogP contribution in [0.4, 0.5) is 0 Å². The first-order valence-corrected chi connectivity index (χ1v) is 12.0. The third-order valence-electron chi connectivity index (χ3n) is 5.06. The highest BCUT2D eigenvalue weighted by molar-refractivity contribution is 6.67. The maximum atomic E-state index is 10.4. The first-order chi connectivity index (χ1) is 13.7. The van der Waals surface area contributed by atoms with Crippen molar-refractivity contribution in [2.24, 2.45) is 5.73 Å². The predicted octanol–water partition coefficient (Wildman–Crippen LogP) is 8.27. The fourth-order valence-corrected chi connectivity index (χ4v) is 3.39. The smallest absolute Gasteiger partial charge is 0.252 e. The Morgan fingerprint density at radius 2 is 1.04 bits per heavy atom. The van der Waals surface area contributed by atoms with Crippen LogP contribution in [0.5, 0.6) is 0 Å². The summed E-state index contributed by atoms with van der Waals surface area (Å²) in [5.74, 6) is 0. The minimum atomic E-state index is -0.407. The zero-order valence-corrected chi connectivity index (χ0v) is 19.0. The fraction of sp³-hybridized carbons (Fsp3) is 0.720. The molecule has 28 heavy (non-hydrogen) atoms. The van der Waals surface area contributed by atoms with Crippen LogP contribution in [0.3, 0.4) is 0 Å². The zero-order valence-electron chi connectivity index (χ0n) is 18.3. The van der Waals surface area contributed by atoms with Gasteiger partial charge in [0.25, 0.3) is 5.24 Å². The van der Waals surface area contributed by atoms with Crippen LogP contribution in [0.2, 0.25) is 0 Å². The van der Waals surface area contributed by atoms with Gasteiger partial charge in [-0.1, -0.05) is 134 Å². The van der Waals surface area contributed by atoms with Crippen molar-refractivity contribution in [2.45, 2.75) is 110 Å². The topological polar surface area (TPSA) is 43.1 Å². The van der Waals surface area contributed by atoms with Gasteiger partial charge in [-0.2, -0.15) is 0 Å². The van der Waals surface area contributed by atoms with Crippen molar-refractivity contribution in [3.8, 4) is 0 Å². The van der Waals surface area contributed by atoms with Crippen molar-refractivity contribution in [3.05, 3.63) is 35.9 Å². The Morgan fingerprint density at radius 1 is 0.679 bits per heavy atom. The van der Waals surface area contributed by atoms with Crippen LogP contribution in [0, 0.1) is 0 Å². The molecule has 3 heteroatoms. The van der Waals surface area contributed by atoms with E-state index in [2.05, 4.69) is 6.92 Å². The molecule has 0 aliphatic heterocycles. The molecular formula is C25H44ClNO. The highest BCUT2D eigenvalue weighted by atomic mass is 35.5. The van der Waals surface area contributed by atoms with E-state index in [9.17, 15) is 4.79 Å². The first kappa shape index (κ1) is 27.1. The van der Waals surface area contributed by atoms with E-state index in [1.165, 1.54) is 103 Å². The average Bonchev–Trinajstić information content (AvgIpc) is 2.72. The number of benzene rings is 1. The second-order valence-corrected chi connectivity index (χ2v) is 8.07. The fourth-order valence-electron chi connectivity index (χ4n) is 3.26. The maximum absolute atomic E-state index is 10.4. The molecular weight excluding hydrogens is 366 g/mol. The molecule has 1 aromatic carbocycles. The van der Waals surface area contributed by atoms with Crippen LogP contribution in [0.15, 0.2) is 30.3 Å². The molecule has 0 spiro atoms. The number of rotatable bonds is 17. The highest BCUT2D eigenvalue weighted by Crippen LogP contribution is 2.13. The summed E-state index contributed by atoms with van der Waals surface area (Å²) >= 11 is 5.16. The van der Waals surface area contributed by atoms with Crippen LogP contribution in [-0.2, 0) is 0 Å². The third kappa shape index (κ3) is 19.9. The van der Waals surface area contributed by atoms with Gasteiger partial charge in [0.15, 0.2) is 0 Å². The SMILES string of the molecule is CCCCCCCCCCCCCCCCCCN.O=C(Cl)c1ccccc1. The molecule has 0 saturated carbocycles. The van der Waals surface area contributed by atoms with Crippen LogP contribution in [-0.4, -0.2) is 11.8 Å². The molecule has 0 aromatic heterocycles. The predicted molar refractivity (Wildman–Crippen MR) is 125 cm³/mol. The van der Waals surface area contributed by atoms with E-state index < -0.39 is 5.24 Å². The Balaban J connectivity index is 0.000000668. The highest BCUT2D eigenvalue weighted by Gasteiger charge is 1.96. The van der Waals surface area contributed by atoms with Crippen molar-refractivity contribution in [1.82, 2.24) is 0 Å². The molecule has 2 N–H and O–H groups in total. The van der Waals surface area contributed by atoms with Gasteiger partial charge in [0.1, 0.15) is 0 Å².